The number of nitrogens with zero attached hydrogens (tertiary/aromatic N) is 2. The molecule has 4 nitrogen and oxygen atoms in total. The molecule has 4 rings (SSSR count). The van der Waals surface area contributed by atoms with E-state index in [4.69, 9.17) is 9.72 Å². The third-order valence-corrected chi connectivity index (χ3v) is 7.48. The number of amides is 1. The Kier molecular flexibility index (Phi) is 7.17. The molecule has 0 bridgehead atoms. The van der Waals surface area contributed by atoms with E-state index in [0.717, 1.165) is 31.6 Å². The van der Waals surface area contributed by atoms with Crippen molar-refractivity contribution in [1.82, 2.24) is 4.98 Å². The predicted molar refractivity (Wildman–Crippen MR) is 133 cm³/mol. The first-order chi connectivity index (χ1) is 15.2. The second-order valence-corrected chi connectivity index (χ2v) is 9.70. The Morgan fingerprint density at radius 2 is 1.77 bits per heavy atom. The molecule has 0 aliphatic heterocycles. The standard InChI is InChI=1S/C24H22N2O2S3/c1-28-18-8-10-19(11-9-18)30-16-23(27)26(15-17-6-4-3-5-7-17)24-25-21-13-12-20(29-2)14-22(21)31-24/h3-14H,15-16H2,1-2H3. The van der Waals surface area contributed by atoms with E-state index in [1.807, 2.05) is 60.7 Å². The van der Waals surface area contributed by atoms with Gasteiger partial charge in [-0.2, -0.15) is 0 Å². The van der Waals surface area contributed by atoms with Crippen LogP contribution in [0.2, 0.25) is 0 Å². The van der Waals surface area contributed by atoms with Crippen LogP contribution >= 0.6 is 34.9 Å². The summed E-state index contributed by atoms with van der Waals surface area (Å²) in [5.74, 6) is 1.18. The van der Waals surface area contributed by atoms with Crippen molar-refractivity contribution < 1.29 is 9.53 Å². The zero-order valence-corrected chi connectivity index (χ0v) is 19.7. The van der Waals surface area contributed by atoms with Crippen molar-refractivity contribution in [3.05, 3.63) is 78.4 Å². The molecule has 0 atom stereocenters. The predicted octanol–water partition coefficient (Wildman–Crippen LogP) is 6.35. The summed E-state index contributed by atoms with van der Waals surface area (Å²) in [4.78, 5) is 22.1. The third kappa shape index (κ3) is 5.42. The molecule has 4 aromatic rings. The van der Waals surface area contributed by atoms with Crippen LogP contribution in [-0.2, 0) is 11.3 Å². The molecule has 0 saturated carbocycles. The van der Waals surface area contributed by atoms with Crippen LogP contribution in [-0.4, -0.2) is 30.0 Å². The van der Waals surface area contributed by atoms with Crippen LogP contribution in [0, 0.1) is 0 Å². The summed E-state index contributed by atoms with van der Waals surface area (Å²) in [5.41, 5.74) is 2.00. The number of thioether (sulfide) groups is 2. The summed E-state index contributed by atoms with van der Waals surface area (Å²) >= 11 is 4.79. The second kappa shape index (κ2) is 10.2. The van der Waals surface area contributed by atoms with Crippen molar-refractivity contribution in [3.8, 4) is 5.75 Å². The third-order valence-electron chi connectivity index (χ3n) is 4.72. The van der Waals surface area contributed by atoms with Gasteiger partial charge in [0.05, 0.1) is 29.6 Å². The van der Waals surface area contributed by atoms with Crippen LogP contribution in [0.3, 0.4) is 0 Å². The Hall–Kier alpha value is -2.48. The summed E-state index contributed by atoms with van der Waals surface area (Å²) < 4.78 is 6.30. The summed E-state index contributed by atoms with van der Waals surface area (Å²) in [5, 5.41) is 0.734. The molecule has 1 amide bonds. The molecule has 0 N–H and O–H groups in total. The Labute approximate surface area is 194 Å². The van der Waals surface area contributed by atoms with Crippen molar-refractivity contribution >= 4 is 56.1 Å². The molecule has 0 aliphatic carbocycles. The maximum absolute atomic E-state index is 13.3. The fourth-order valence-corrected chi connectivity index (χ4v) is 5.37. The second-order valence-electron chi connectivity index (χ2n) is 6.76. The molecule has 31 heavy (non-hydrogen) atoms. The van der Waals surface area contributed by atoms with Gasteiger partial charge in [-0.15, -0.1) is 23.5 Å². The van der Waals surface area contributed by atoms with E-state index in [2.05, 4.69) is 18.4 Å². The van der Waals surface area contributed by atoms with E-state index >= 15 is 0 Å². The zero-order valence-electron chi connectivity index (χ0n) is 17.3. The fourth-order valence-electron chi connectivity index (χ4n) is 3.06. The minimum Gasteiger partial charge on any atom is -0.497 e. The molecule has 1 aromatic heterocycles. The first-order valence-electron chi connectivity index (χ1n) is 9.72. The van der Waals surface area contributed by atoms with Gasteiger partial charge in [0.15, 0.2) is 5.13 Å². The van der Waals surface area contributed by atoms with Gasteiger partial charge in [0.1, 0.15) is 5.75 Å². The molecule has 0 radical (unpaired) electrons. The molecule has 0 aliphatic rings. The monoisotopic (exact) mass is 466 g/mol. The van der Waals surface area contributed by atoms with E-state index in [1.165, 1.54) is 16.7 Å². The summed E-state index contributed by atoms with van der Waals surface area (Å²) in [6.07, 6.45) is 2.06. The van der Waals surface area contributed by atoms with Crippen LogP contribution in [0.4, 0.5) is 5.13 Å². The number of fused-ring (bicyclic) bond motifs is 1. The highest BCUT2D eigenvalue weighted by Gasteiger charge is 2.20. The van der Waals surface area contributed by atoms with E-state index < -0.39 is 0 Å². The Balaban J connectivity index is 1.58. The van der Waals surface area contributed by atoms with Crippen LogP contribution in [0.15, 0.2) is 82.6 Å². The molecule has 0 saturated heterocycles. The molecule has 0 unspecified atom stereocenters. The highest BCUT2D eigenvalue weighted by molar-refractivity contribution is 8.00. The summed E-state index contributed by atoms with van der Waals surface area (Å²) in [6.45, 7) is 0.498. The van der Waals surface area contributed by atoms with Gasteiger partial charge in [0, 0.05) is 9.79 Å². The summed E-state index contributed by atoms with van der Waals surface area (Å²) in [7, 11) is 1.65. The maximum Gasteiger partial charge on any atom is 0.239 e. The zero-order chi connectivity index (χ0) is 21.6. The normalized spacial score (nSPS) is 10.9. The number of hydrogen-bond donors (Lipinski definition) is 0. The highest BCUT2D eigenvalue weighted by atomic mass is 32.2. The van der Waals surface area contributed by atoms with Gasteiger partial charge in [-0.25, -0.2) is 4.98 Å². The highest BCUT2D eigenvalue weighted by Crippen LogP contribution is 2.33. The van der Waals surface area contributed by atoms with Crippen molar-refractivity contribution in [2.24, 2.45) is 0 Å². The number of ether oxygens (including phenoxy) is 1. The number of carbonyl (C=O) groups is 1. The number of aromatic nitrogens is 1. The minimum atomic E-state index is 0.0359. The van der Waals surface area contributed by atoms with Crippen molar-refractivity contribution in [1.29, 1.82) is 0 Å². The van der Waals surface area contributed by atoms with Crippen LogP contribution in [0.1, 0.15) is 5.56 Å². The van der Waals surface area contributed by atoms with Gasteiger partial charge in [-0.3, -0.25) is 9.69 Å². The van der Waals surface area contributed by atoms with E-state index in [-0.39, 0.29) is 5.91 Å². The number of benzene rings is 3. The van der Waals surface area contributed by atoms with Gasteiger partial charge < -0.3 is 4.74 Å². The van der Waals surface area contributed by atoms with E-state index in [0.29, 0.717) is 12.3 Å². The molecular weight excluding hydrogens is 444 g/mol. The number of thiazole rings is 1. The molecule has 3 aromatic carbocycles. The first-order valence-corrected chi connectivity index (χ1v) is 12.7. The largest absolute Gasteiger partial charge is 0.497 e. The average Bonchev–Trinajstić information content (AvgIpc) is 3.25. The Morgan fingerprint density at radius 3 is 2.48 bits per heavy atom. The SMILES string of the molecule is COc1ccc(SCC(=O)N(Cc2ccccc2)c2nc3ccc(SC)cc3s2)cc1. The van der Waals surface area contributed by atoms with Gasteiger partial charge in [0.2, 0.25) is 5.91 Å². The lowest BCUT2D eigenvalue weighted by Gasteiger charge is -2.20. The number of rotatable bonds is 8. The van der Waals surface area contributed by atoms with Crippen molar-refractivity contribution in [3.63, 3.8) is 0 Å². The Morgan fingerprint density at radius 1 is 1.03 bits per heavy atom. The smallest absolute Gasteiger partial charge is 0.239 e. The van der Waals surface area contributed by atoms with Gasteiger partial charge >= 0.3 is 0 Å². The lowest BCUT2D eigenvalue weighted by atomic mass is 10.2. The molecule has 7 heteroatoms. The lowest BCUT2D eigenvalue weighted by molar-refractivity contribution is -0.116. The Bertz CT molecular complexity index is 1160. The fraction of sp³-hybridized carbons (Fsp3) is 0.167. The number of carbonyl (C=O) groups excluding carboxylic acids is 1. The summed E-state index contributed by atoms with van der Waals surface area (Å²) in [6, 6.07) is 24.0. The van der Waals surface area contributed by atoms with Crippen molar-refractivity contribution in [2.75, 3.05) is 24.0 Å². The van der Waals surface area contributed by atoms with Crippen LogP contribution in [0.25, 0.3) is 10.2 Å². The molecule has 0 fully saturated rings. The molecule has 0 spiro atoms. The first kappa shape index (κ1) is 21.7. The topological polar surface area (TPSA) is 42.4 Å². The van der Waals surface area contributed by atoms with E-state index in [1.54, 1.807) is 35.1 Å². The number of anilines is 1. The molecular formula is C24H22N2O2S3. The maximum atomic E-state index is 13.3. The number of hydrogen-bond acceptors (Lipinski definition) is 6. The minimum absolute atomic E-state index is 0.0359. The van der Waals surface area contributed by atoms with Gasteiger partial charge in [0.25, 0.3) is 0 Å². The quantitative estimate of drug-likeness (QED) is 0.283. The van der Waals surface area contributed by atoms with E-state index in [9.17, 15) is 4.79 Å². The number of methoxy groups -OCH3 is 1. The molecule has 158 valence electrons. The van der Waals surface area contributed by atoms with Crippen LogP contribution < -0.4 is 9.64 Å². The van der Waals surface area contributed by atoms with Gasteiger partial charge in [-0.05, 0) is 54.3 Å². The van der Waals surface area contributed by atoms with Crippen LogP contribution in [0.5, 0.6) is 5.75 Å². The average molecular weight is 467 g/mol. The van der Waals surface area contributed by atoms with Crippen molar-refractivity contribution in [2.45, 2.75) is 16.3 Å². The molecule has 1 heterocycles. The van der Waals surface area contributed by atoms with Gasteiger partial charge in [-0.1, -0.05) is 41.7 Å². The lowest BCUT2D eigenvalue weighted by Crippen LogP contribution is -2.31.